The van der Waals surface area contributed by atoms with Crippen molar-refractivity contribution >= 4 is 5.91 Å². The van der Waals surface area contributed by atoms with E-state index in [9.17, 15) is 4.79 Å². The first-order valence-corrected chi connectivity index (χ1v) is 9.64. The zero-order valence-electron chi connectivity index (χ0n) is 15.4. The molecular weight excluding hydrogens is 304 g/mol. The van der Waals surface area contributed by atoms with Gasteiger partial charge in [0, 0.05) is 64.5 Å². The Bertz CT molecular complexity index is 408. The van der Waals surface area contributed by atoms with Crippen LogP contribution in [-0.4, -0.2) is 98.3 Å². The third-order valence-corrected chi connectivity index (χ3v) is 5.76. The zero-order chi connectivity index (χ0) is 16.9. The van der Waals surface area contributed by atoms with Crippen LogP contribution in [0.3, 0.4) is 0 Å². The van der Waals surface area contributed by atoms with Crippen LogP contribution in [0.25, 0.3) is 0 Å². The quantitative estimate of drug-likeness (QED) is 0.727. The van der Waals surface area contributed by atoms with Gasteiger partial charge in [-0.25, -0.2) is 0 Å². The van der Waals surface area contributed by atoms with E-state index in [1.165, 1.54) is 12.8 Å². The number of piperazine rings is 1. The van der Waals surface area contributed by atoms with Crippen molar-refractivity contribution < 1.29 is 9.53 Å². The van der Waals surface area contributed by atoms with E-state index in [-0.39, 0.29) is 5.91 Å². The highest BCUT2D eigenvalue weighted by molar-refractivity contribution is 5.78. The first-order chi connectivity index (χ1) is 11.7. The zero-order valence-corrected chi connectivity index (χ0v) is 15.4. The summed E-state index contributed by atoms with van der Waals surface area (Å²) in [6.07, 6.45) is 4.99. The molecule has 2 heterocycles. The maximum absolute atomic E-state index is 12.4. The normalized spacial score (nSPS) is 28.2. The van der Waals surface area contributed by atoms with E-state index in [2.05, 4.69) is 26.9 Å². The third kappa shape index (κ3) is 5.15. The molecule has 2 aliphatic heterocycles. The van der Waals surface area contributed by atoms with Gasteiger partial charge in [-0.1, -0.05) is 0 Å². The van der Waals surface area contributed by atoms with Crippen LogP contribution in [0.5, 0.6) is 0 Å². The average Bonchev–Trinajstić information content (AvgIpc) is 3.40. The Kier molecular flexibility index (Phi) is 6.49. The largest absolute Gasteiger partial charge is 0.383 e. The number of rotatable bonds is 7. The van der Waals surface area contributed by atoms with Crippen LogP contribution in [-0.2, 0) is 9.53 Å². The van der Waals surface area contributed by atoms with Crippen LogP contribution >= 0.6 is 0 Å². The molecule has 24 heavy (non-hydrogen) atoms. The Balaban J connectivity index is 1.33. The van der Waals surface area contributed by atoms with Crippen molar-refractivity contribution in [1.82, 2.24) is 20.0 Å². The Morgan fingerprint density at radius 1 is 1.12 bits per heavy atom. The molecule has 3 aliphatic rings. The molecule has 2 saturated heterocycles. The van der Waals surface area contributed by atoms with Crippen LogP contribution < -0.4 is 5.32 Å². The van der Waals surface area contributed by atoms with Crippen LogP contribution in [0.4, 0.5) is 0 Å². The predicted octanol–water partition coefficient (Wildman–Crippen LogP) is 0.382. The molecule has 1 N–H and O–H groups in total. The van der Waals surface area contributed by atoms with Gasteiger partial charge in [-0.3, -0.25) is 14.6 Å². The lowest BCUT2D eigenvalue weighted by molar-refractivity contribution is -0.124. The number of ether oxygens (including phenoxy) is 1. The lowest BCUT2D eigenvalue weighted by atomic mass is 10.0. The van der Waals surface area contributed by atoms with Gasteiger partial charge in [0.05, 0.1) is 13.2 Å². The highest BCUT2D eigenvalue weighted by atomic mass is 16.5. The van der Waals surface area contributed by atoms with E-state index in [1.807, 2.05) is 0 Å². The SMILES string of the molecule is COCCN1CCN(CC(=O)NC2CCN(C3CC3)CC2)CC1C. The number of carbonyl (C=O) groups is 1. The fourth-order valence-corrected chi connectivity index (χ4v) is 4.08. The molecule has 0 aromatic carbocycles. The molecule has 3 fully saturated rings. The fourth-order valence-electron chi connectivity index (χ4n) is 4.08. The topological polar surface area (TPSA) is 48.1 Å². The Morgan fingerprint density at radius 2 is 1.88 bits per heavy atom. The second kappa shape index (κ2) is 8.61. The number of amides is 1. The first kappa shape index (κ1) is 18.1. The highest BCUT2D eigenvalue weighted by Gasteiger charge is 2.32. The van der Waals surface area contributed by atoms with Gasteiger partial charge in [0.15, 0.2) is 0 Å². The van der Waals surface area contributed by atoms with E-state index in [1.54, 1.807) is 7.11 Å². The number of carbonyl (C=O) groups excluding carboxylic acids is 1. The average molecular weight is 338 g/mol. The molecule has 1 saturated carbocycles. The Labute approximate surface area is 146 Å². The summed E-state index contributed by atoms with van der Waals surface area (Å²) in [6, 6.07) is 1.73. The van der Waals surface area contributed by atoms with E-state index in [0.29, 0.717) is 18.6 Å². The molecule has 6 heteroatoms. The molecule has 1 aliphatic carbocycles. The smallest absolute Gasteiger partial charge is 0.234 e. The number of likely N-dealkylation sites (tertiary alicyclic amines) is 1. The summed E-state index contributed by atoms with van der Waals surface area (Å²) in [7, 11) is 1.75. The van der Waals surface area contributed by atoms with Gasteiger partial charge in [0.1, 0.15) is 0 Å². The maximum Gasteiger partial charge on any atom is 0.234 e. The number of methoxy groups -OCH3 is 1. The molecule has 6 nitrogen and oxygen atoms in total. The summed E-state index contributed by atoms with van der Waals surface area (Å²) in [6.45, 7) is 9.84. The minimum Gasteiger partial charge on any atom is -0.383 e. The summed E-state index contributed by atoms with van der Waals surface area (Å²) >= 11 is 0. The summed E-state index contributed by atoms with van der Waals surface area (Å²) in [5.41, 5.74) is 0. The Morgan fingerprint density at radius 3 is 2.50 bits per heavy atom. The third-order valence-electron chi connectivity index (χ3n) is 5.76. The summed E-state index contributed by atoms with van der Waals surface area (Å²) in [4.78, 5) is 19.7. The highest BCUT2D eigenvalue weighted by Crippen LogP contribution is 2.29. The number of nitrogens with zero attached hydrogens (tertiary/aromatic N) is 3. The van der Waals surface area contributed by atoms with Crippen LogP contribution in [0.1, 0.15) is 32.6 Å². The van der Waals surface area contributed by atoms with Gasteiger partial charge in [-0.2, -0.15) is 0 Å². The molecule has 0 aromatic rings. The minimum absolute atomic E-state index is 0.206. The Hall–Kier alpha value is -0.690. The second-order valence-corrected chi connectivity index (χ2v) is 7.72. The molecule has 0 radical (unpaired) electrons. The van der Waals surface area contributed by atoms with Crippen molar-refractivity contribution in [2.24, 2.45) is 0 Å². The van der Waals surface area contributed by atoms with E-state index in [0.717, 1.165) is 64.8 Å². The van der Waals surface area contributed by atoms with Crippen LogP contribution in [0.15, 0.2) is 0 Å². The first-order valence-electron chi connectivity index (χ1n) is 9.64. The molecular formula is C18H34N4O2. The van der Waals surface area contributed by atoms with Gasteiger partial charge < -0.3 is 15.0 Å². The lowest BCUT2D eigenvalue weighted by Gasteiger charge is -2.39. The second-order valence-electron chi connectivity index (χ2n) is 7.72. The number of nitrogens with one attached hydrogen (secondary N) is 1. The van der Waals surface area contributed by atoms with Crippen molar-refractivity contribution in [3.63, 3.8) is 0 Å². The number of hydrogen-bond acceptors (Lipinski definition) is 5. The van der Waals surface area contributed by atoms with Gasteiger partial charge >= 0.3 is 0 Å². The van der Waals surface area contributed by atoms with Crippen molar-refractivity contribution in [3.05, 3.63) is 0 Å². The maximum atomic E-state index is 12.4. The summed E-state index contributed by atoms with van der Waals surface area (Å²) in [5.74, 6) is 0.206. The van der Waals surface area contributed by atoms with Crippen molar-refractivity contribution in [2.75, 3.05) is 59.5 Å². The van der Waals surface area contributed by atoms with Crippen molar-refractivity contribution in [2.45, 2.75) is 50.7 Å². The molecule has 1 atom stereocenters. The molecule has 138 valence electrons. The van der Waals surface area contributed by atoms with Crippen LogP contribution in [0.2, 0.25) is 0 Å². The van der Waals surface area contributed by atoms with Gasteiger partial charge in [0.25, 0.3) is 0 Å². The monoisotopic (exact) mass is 338 g/mol. The standard InChI is InChI=1S/C18H34N4O2/c1-15-13-20(9-10-21(15)11-12-24-2)14-18(23)19-16-5-7-22(8-6-16)17-3-4-17/h15-17H,3-14H2,1-2H3,(H,19,23). The minimum atomic E-state index is 0.206. The molecule has 0 spiro atoms. The molecule has 0 bridgehead atoms. The fraction of sp³-hybridized carbons (Fsp3) is 0.944. The molecule has 0 aromatic heterocycles. The van der Waals surface area contributed by atoms with Gasteiger partial charge in [0.2, 0.25) is 5.91 Å². The van der Waals surface area contributed by atoms with Gasteiger partial charge in [-0.15, -0.1) is 0 Å². The molecule has 3 rings (SSSR count). The number of piperidine rings is 1. The molecule has 1 unspecified atom stereocenters. The van der Waals surface area contributed by atoms with Crippen molar-refractivity contribution in [1.29, 1.82) is 0 Å². The predicted molar refractivity (Wildman–Crippen MR) is 95.1 cm³/mol. The van der Waals surface area contributed by atoms with Crippen LogP contribution in [0, 0.1) is 0 Å². The summed E-state index contributed by atoms with van der Waals surface area (Å²) < 4.78 is 5.17. The summed E-state index contributed by atoms with van der Waals surface area (Å²) in [5, 5.41) is 3.27. The van der Waals surface area contributed by atoms with E-state index < -0.39 is 0 Å². The number of hydrogen-bond donors (Lipinski definition) is 1. The van der Waals surface area contributed by atoms with Crippen molar-refractivity contribution in [3.8, 4) is 0 Å². The molecule has 1 amide bonds. The van der Waals surface area contributed by atoms with E-state index >= 15 is 0 Å². The van der Waals surface area contributed by atoms with E-state index in [4.69, 9.17) is 4.74 Å². The van der Waals surface area contributed by atoms with Gasteiger partial charge in [-0.05, 0) is 32.6 Å². The lowest BCUT2D eigenvalue weighted by Crippen LogP contribution is -2.55.